The van der Waals surface area contributed by atoms with Crippen molar-refractivity contribution in [2.24, 2.45) is 5.11 Å². The normalized spacial score (nSPS) is 21.5. The molecule has 0 radical (unpaired) electrons. The molecule has 8 nitrogen and oxygen atoms in total. The van der Waals surface area contributed by atoms with E-state index in [2.05, 4.69) is 15.0 Å². The van der Waals surface area contributed by atoms with Crippen molar-refractivity contribution in [2.45, 2.75) is 37.8 Å². The number of ether oxygens (including phenoxy) is 2. The molecule has 3 heterocycles. The molecule has 2 aromatic rings. The monoisotopic (exact) mass is 427 g/mol. The van der Waals surface area contributed by atoms with Crippen LogP contribution in [0.4, 0.5) is 24.0 Å². The van der Waals surface area contributed by atoms with Gasteiger partial charge in [0.1, 0.15) is 0 Å². The number of anilines is 1. The van der Waals surface area contributed by atoms with Crippen LogP contribution in [-0.2, 0) is 15.7 Å². The van der Waals surface area contributed by atoms with E-state index in [0.29, 0.717) is 37.7 Å². The first-order chi connectivity index (χ1) is 13.7. The summed E-state index contributed by atoms with van der Waals surface area (Å²) in [6, 6.07) is 1.49. The highest BCUT2D eigenvalue weighted by Crippen LogP contribution is 2.40. The Balaban J connectivity index is 1.71. The maximum atomic E-state index is 13.1. The van der Waals surface area contributed by atoms with Crippen LogP contribution in [0.25, 0.3) is 20.5 Å². The summed E-state index contributed by atoms with van der Waals surface area (Å²) < 4.78 is 51.2. The van der Waals surface area contributed by atoms with Crippen LogP contribution in [0.15, 0.2) is 22.0 Å². The summed E-state index contributed by atoms with van der Waals surface area (Å²) >= 11 is 1.03. The van der Waals surface area contributed by atoms with Gasteiger partial charge in [-0.2, -0.15) is 18.2 Å². The van der Waals surface area contributed by atoms with Crippen LogP contribution in [0.3, 0.4) is 0 Å². The highest BCUT2D eigenvalue weighted by molar-refractivity contribution is 7.22. The van der Waals surface area contributed by atoms with Crippen molar-refractivity contribution < 1.29 is 22.6 Å². The lowest BCUT2D eigenvalue weighted by molar-refractivity contribution is -0.178. The molecule has 2 fully saturated rings. The molecule has 2 aliphatic rings. The van der Waals surface area contributed by atoms with Gasteiger partial charge in [-0.15, -0.1) is 0 Å². The summed E-state index contributed by atoms with van der Waals surface area (Å²) in [5.74, 6) is -0.629. The lowest BCUT2D eigenvalue weighted by atomic mass is 10.0. The summed E-state index contributed by atoms with van der Waals surface area (Å²) in [5.41, 5.74) is 6.65. The Morgan fingerprint density at radius 3 is 2.69 bits per heavy atom. The lowest BCUT2D eigenvalue weighted by Gasteiger charge is -2.38. The zero-order valence-corrected chi connectivity index (χ0v) is 16.1. The summed E-state index contributed by atoms with van der Waals surface area (Å²) in [4.78, 5) is 20.9. The van der Waals surface area contributed by atoms with Gasteiger partial charge in [0.2, 0.25) is 0 Å². The Labute approximate surface area is 166 Å². The molecule has 1 atom stereocenters. The molecule has 12 heteroatoms. The smallest absolute Gasteiger partial charge is 0.348 e. The van der Waals surface area contributed by atoms with Gasteiger partial charge in [-0.05, 0) is 24.6 Å². The number of hydrogen-bond acceptors (Lipinski definition) is 7. The van der Waals surface area contributed by atoms with E-state index in [1.165, 1.54) is 0 Å². The Morgan fingerprint density at radius 2 is 2.10 bits per heavy atom. The minimum Gasteiger partial charge on any atom is -0.348 e. The van der Waals surface area contributed by atoms with Gasteiger partial charge in [-0.3, -0.25) is 4.79 Å². The Morgan fingerprint density at radius 1 is 1.38 bits per heavy atom. The number of alkyl halides is 3. The van der Waals surface area contributed by atoms with Crippen molar-refractivity contribution in [3.05, 3.63) is 38.5 Å². The first-order valence-corrected chi connectivity index (χ1v) is 9.70. The zero-order chi connectivity index (χ0) is 20.8. The number of aromatic nitrogens is 1. The lowest BCUT2D eigenvalue weighted by Crippen LogP contribution is -2.45. The van der Waals surface area contributed by atoms with Gasteiger partial charge in [-0.1, -0.05) is 16.5 Å². The fourth-order valence-corrected chi connectivity index (χ4v) is 4.65. The molecule has 154 valence electrons. The van der Waals surface area contributed by atoms with Crippen LogP contribution in [0.5, 0.6) is 0 Å². The number of halogens is 3. The molecule has 0 unspecified atom stereocenters. The van der Waals surface area contributed by atoms with E-state index in [-0.39, 0.29) is 21.9 Å². The highest BCUT2D eigenvalue weighted by atomic mass is 32.1. The topological polar surface area (TPSA) is 100 Å². The van der Waals surface area contributed by atoms with E-state index in [0.717, 1.165) is 23.5 Å². The summed E-state index contributed by atoms with van der Waals surface area (Å²) in [6.07, 6.45) is -3.50. The zero-order valence-electron chi connectivity index (χ0n) is 15.3. The molecule has 4 rings (SSSR count). The molecule has 0 amide bonds. The predicted octanol–water partition coefficient (Wildman–Crippen LogP) is 4.35. The van der Waals surface area contributed by atoms with E-state index in [9.17, 15) is 18.0 Å². The quantitative estimate of drug-likeness (QED) is 0.403. The van der Waals surface area contributed by atoms with Gasteiger partial charge >= 0.3 is 6.18 Å². The van der Waals surface area contributed by atoms with Gasteiger partial charge in [0.05, 0.1) is 34.0 Å². The Kier molecular flexibility index (Phi) is 4.89. The van der Waals surface area contributed by atoms with Crippen LogP contribution >= 0.6 is 11.3 Å². The van der Waals surface area contributed by atoms with Gasteiger partial charge < -0.3 is 14.4 Å². The number of piperidine rings is 1. The minimum absolute atomic E-state index is 0.0191. The number of hydrogen-bond donors (Lipinski definition) is 0. The molecule has 0 bridgehead atoms. The molecular formula is C17H16F3N5O3S. The molecule has 1 aromatic carbocycles. The van der Waals surface area contributed by atoms with E-state index in [1.807, 2.05) is 11.8 Å². The Bertz CT molecular complexity index is 1060. The average Bonchev–Trinajstić information content (AvgIpc) is 3.02. The van der Waals surface area contributed by atoms with Gasteiger partial charge in [0, 0.05) is 30.8 Å². The molecular weight excluding hydrogens is 411 g/mol. The van der Waals surface area contributed by atoms with E-state index in [4.69, 9.17) is 15.0 Å². The van der Waals surface area contributed by atoms with Crippen LogP contribution in [0.2, 0.25) is 0 Å². The third-order valence-corrected chi connectivity index (χ3v) is 6.13. The van der Waals surface area contributed by atoms with E-state index >= 15 is 0 Å². The number of rotatable bonds is 2. The molecule has 0 N–H and O–H groups in total. The molecule has 0 saturated carbocycles. The van der Waals surface area contributed by atoms with Crippen molar-refractivity contribution in [3.63, 3.8) is 0 Å². The summed E-state index contributed by atoms with van der Waals surface area (Å²) in [6.45, 7) is 3.49. The third-order valence-electron chi connectivity index (χ3n) is 4.96. The first-order valence-electron chi connectivity index (χ1n) is 8.89. The van der Waals surface area contributed by atoms with Crippen LogP contribution in [0, 0.1) is 0 Å². The highest BCUT2D eigenvalue weighted by Gasteiger charge is 2.43. The van der Waals surface area contributed by atoms with Crippen molar-refractivity contribution >= 4 is 32.2 Å². The maximum Gasteiger partial charge on any atom is 0.416 e. The molecule has 1 spiro atoms. The fourth-order valence-electron chi connectivity index (χ4n) is 3.57. The van der Waals surface area contributed by atoms with Crippen molar-refractivity contribution in [1.82, 2.24) is 4.98 Å². The fraction of sp³-hybridized carbons (Fsp3) is 0.529. The second-order valence-electron chi connectivity index (χ2n) is 7.00. The minimum atomic E-state index is -4.68. The predicted molar refractivity (Wildman–Crippen MR) is 100 cm³/mol. The van der Waals surface area contributed by atoms with Crippen molar-refractivity contribution in [3.8, 4) is 0 Å². The second kappa shape index (κ2) is 7.13. The standard InChI is InChI=1S/C17H16F3N5O3S/c1-9-8-27-16(28-9)2-4-25(5-3-16)15-22-14(26)11-6-10(17(18,19)20)7-12(23-24-21)13(11)29-15/h6-7,9H,2-5,8H2,1H3/t9-/m0/s1. The molecule has 29 heavy (non-hydrogen) atoms. The molecule has 1 aromatic heterocycles. The summed E-state index contributed by atoms with van der Waals surface area (Å²) in [5, 5.41) is 3.51. The summed E-state index contributed by atoms with van der Waals surface area (Å²) in [7, 11) is 0. The molecule has 2 aliphatic heterocycles. The number of azide groups is 1. The Hall–Kier alpha value is -2.40. The number of nitrogens with zero attached hydrogens (tertiary/aromatic N) is 5. The SMILES string of the molecule is C[C@H]1COC2(CCN(c3nc(=O)c4cc(C(F)(F)F)cc(N=[N+]=[N-])c4s3)CC2)O1. The molecule has 2 saturated heterocycles. The average molecular weight is 427 g/mol. The van der Waals surface area contributed by atoms with Crippen molar-refractivity contribution in [1.29, 1.82) is 0 Å². The van der Waals surface area contributed by atoms with Gasteiger partial charge in [0.25, 0.3) is 5.56 Å². The van der Waals surface area contributed by atoms with Crippen LogP contribution in [-0.4, -0.2) is 36.6 Å². The van der Waals surface area contributed by atoms with E-state index < -0.39 is 23.1 Å². The first kappa shape index (κ1) is 19.9. The largest absolute Gasteiger partial charge is 0.416 e. The van der Waals surface area contributed by atoms with Gasteiger partial charge in [0.15, 0.2) is 10.9 Å². The van der Waals surface area contributed by atoms with Crippen molar-refractivity contribution in [2.75, 3.05) is 24.6 Å². The number of benzene rings is 1. The number of fused-ring (bicyclic) bond motifs is 1. The maximum absolute atomic E-state index is 13.1. The van der Waals surface area contributed by atoms with Crippen LogP contribution < -0.4 is 10.5 Å². The third kappa shape index (κ3) is 3.76. The second-order valence-corrected chi connectivity index (χ2v) is 7.98. The van der Waals surface area contributed by atoms with E-state index in [1.54, 1.807) is 0 Å². The van der Waals surface area contributed by atoms with Crippen LogP contribution in [0.1, 0.15) is 25.3 Å². The molecule has 0 aliphatic carbocycles. The van der Waals surface area contributed by atoms with Gasteiger partial charge in [-0.25, -0.2) is 0 Å².